The molecule has 0 spiro atoms. The number of nitrogens with one attached hydrogen (secondary N) is 2. The van der Waals surface area contributed by atoms with Crippen molar-refractivity contribution in [2.24, 2.45) is 0 Å². The molecule has 5 nitrogen and oxygen atoms in total. The Labute approximate surface area is 123 Å². The Morgan fingerprint density at radius 1 is 1.40 bits per heavy atom. The first-order valence-electron chi connectivity index (χ1n) is 7.93. The molecule has 20 heavy (non-hydrogen) atoms. The molecule has 0 saturated carbocycles. The number of likely N-dealkylation sites (tertiary alicyclic amines) is 1. The lowest BCUT2D eigenvalue weighted by atomic mass is 9.99. The average Bonchev–Trinajstić information content (AvgIpc) is 2.47. The topological polar surface area (TPSA) is 53.6 Å². The zero-order valence-corrected chi connectivity index (χ0v) is 13.3. The second-order valence-corrected chi connectivity index (χ2v) is 5.55. The molecule has 0 radical (unpaired) electrons. The molecule has 1 fully saturated rings. The number of carbonyl (C=O) groups excluding carboxylic acids is 1. The van der Waals surface area contributed by atoms with E-state index in [2.05, 4.69) is 22.5 Å². The van der Waals surface area contributed by atoms with Crippen LogP contribution < -0.4 is 10.6 Å². The predicted octanol–water partition coefficient (Wildman–Crippen LogP) is 0.992. The van der Waals surface area contributed by atoms with Crippen LogP contribution >= 0.6 is 0 Å². The number of hydrogen-bond donors (Lipinski definition) is 2. The number of ether oxygens (including phenoxy) is 1. The Balaban J connectivity index is 2.44. The van der Waals surface area contributed by atoms with Gasteiger partial charge in [0.2, 0.25) is 5.91 Å². The van der Waals surface area contributed by atoms with Crippen LogP contribution in [0.15, 0.2) is 0 Å². The first-order chi connectivity index (χ1) is 9.70. The molecule has 1 heterocycles. The van der Waals surface area contributed by atoms with Gasteiger partial charge >= 0.3 is 0 Å². The van der Waals surface area contributed by atoms with Crippen molar-refractivity contribution < 1.29 is 9.53 Å². The molecule has 118 valence electrons. The van der Waals surface area contributed by atoms with Gasteiger partial charge in [-0.2, -0.15) is 0 Å². The molecule has 0 aliphatic carbocycles. The van der Waals surface area contributed by atoms with Gasteiger partial charge in [0.05, 0.1) is 12.6 Å². The van der Waals surface area contributed by atoms with Crippen molar-refractivity contribution >= 4 is 5.91 Å². The number of piperidine rings is 1. The van der Waals surface area contributed by atoms with Gasteiger partial charge in [0.25, 0.3) is 0 Å². The van der Waals surface area contributed by atoms with Crippen LogP contribution in [0.4, 0.5) is 0 Å². The van der Waals surface area contributed by atoms with E-state index in [9.17, 15) is 4.79 Å². The molecule has 2 atom stereocenters. The van der Waals surface area contributed by atoms with Gasteiger partial charge in [-0.3, -0.25) is 9.69 Å². The number of nitrogens with zero attached hydrogens (tertiary/aromatic N) is 1. The van der Waals surface area contributed by atoms with Gasteiger partial charge in [-0.05, 0) is 39.3 Å². The highest BCUT2D eigenvalue weighted by atomic mass is 16.5. The van der Waals surface area contributed by atoms with Gasteiger partial charge in [0.1, 0.15) is 0 Å². The molecule has 0 aromatic rings. The van der Waals surface area contributed by atoms with E-state index in [4.69, 9.17) is 4.74 Å². The van der Waals surface area contributed by atoms with Crippen LogP contribution in [-0.2, 0) is 9.53 Å². The van der Waals surface area contributed by atoms with Gasteiger partial charge in [0, 0.05) is 26.2 Å². The summed E-state index contributed by atoms with van der Waals surface area (Å²) in [5.41, 5.74) is 0. The third-order valence-corrected chi connectivity index (χ3v) is 3.96. The molecule has 0 bridgehead atoms. The molecule has 2 N–H and O–H groups in total. The summed E-state index contributed by atoms with van der Waals surface area (Å²) < 4.78 is 4.97. The monoisotopic (exact) mass is 285 g/mol. The normalized spacial score (nSPS) is 21.6. The largest absolute Gasteiger partial charge is 0.383 e. The van der Waals surface area contributed by atoms with Gasteiger partial charge < -0.3 is 15.4 Å². The maximum absolute atomic E-state index is 12.2. The lowest BCUT2D eigenvalue weighted by Crippen LogP contribution is -2.54. The summed E-state index contributed by atoms with van der Waals surface area (Å²) >= 11 is 0. The Hall–Kier alpha value is -0.650. The Bertz CT molecular complexity index is 274. The van der Waals surface area contributed by atoms with Crippen LogP contribution in [0.2, 0.25) is 0 Å². The van der Waals surface area contributed by atoms with Crippen LogP contribution in [-0.4, -0.2) is 62.8 Å². The first-order valence-corrected chi connectivity index (χ1v) is 7.93. The fourth-order valence-corrected chi connectivity index (χ4v) is 2.77. The summed E-state index contributed by atoms with van der Waals surface area (Å²) in [6.45, 7) is 8.42. The van der Waals surface area contributed by atoms with E-state index in [1.807, 2.05) is 6.92 Å². The van der Waals surface area contributed by atoms with Crippen LogP contribution in [0.25, 0.3) is 0 Å². The van der Waals surface area contributed by atoms with Crippen LogP contribution in [0.1, 0.15) is 39.5 Å². The molecule has 5 heteroatoms. The maximum Gasteiger partial charge on any atom is 0.237 e. The van der Waals surface area contributed by atoms with Crippen molar-refractivity contribution in [1.29, 1.82) is 0 Å². The minimum Gasteiger partial charge on any atom is -0.383 e. The lowest BCUT2D eigenvalue weighted by Gasteiger charge is -2.39. The van der Waals surface area contributed by atoms with Crippen molar-refractivity contribution in [1.82, 2.24) is 15.5 Å². The fraction of sp³-hybridized carbons (Fsp3) is 0.933. The number of rotatable bonds is 9. The molecular formula is C15H31N3O2. The van der Waals surface area contributed by atoms with E-state index >= 15 is 0 Å². The van der Waals surface area contributed by atoms with E-state index in [1.54, 1.807) is 7.11 Å². The molecule has 0 aromatic heterocycles. The molecule has 2 unspecified atom stereocenters. The van der Waals surface area contributed by atoms with Gasteiger partial charge in [-0.25, -0.2) is 0 Å². The first kappa shape index (κ1) is 17.4. The van der Waals surface area contributed by atoms with E-state index in [0.717, 1.165) is 26.1 Å². The molecule has 1 amide bonds. The highest BCUT2D eigenvalue weighted by molar-refractivity contribution is 5.81. The maximum atomic E-state index is 12.2. The van der Waals surface area contributed by atoms with Crippen molar-refractivity contribution in [3.8, 4) is 0 Å². The van der Waals surface area contributed by atoms with E-state index in [0.29, 0.717) is 19.2 Å². The van der Waals surface area contributed by atoms with Crippen molar-refractivity contribution in [2.45, 2.75) is 51.6 Å². The Morgan fingerprint density at radius 2 is 2.20 bits per heavy atom. The summed E-state index contributed by atoms with van der Waals surface area (Å²) in [4.78, 5) is 14.5. The molecule has 1 saturated heterocycles. The number of carbonyl (C=O) groups is 1. The number of amides is 1. The van der Waals surface area contributed by atoms with E-state index in [-0.39, 0.29) is 11.9 Å². The number of methoxy groups -OCH3 is 1. The highest BCUT2D eigenvalue weighted by Crippen LogP contribution is 2.19. The fourth-order valence-electron chi connectivity index (χ4n) is 2.77. The second-order valence-electron chi connectivity index (χ2n) is 5.55. The minimum absolute atomic E-state index is 0.0550. The smallest absolute Gasteiger partial charge is 0.237 e. The van der Waals surface area contributed by atoms with E-state index < -0.39 is 0 Å². The third-order valence-electron chi connectivity index (χ3n) is 3.96. The molecule has 1 aliphatic heterocycles. The van der Waals surface area contributed by atoms with Crippen molar-refractivity contribution in [2.75, 3.05) is 39.9 Å². The van der Waals surface area contributed by atoms with Crippen LogP contribution in [0.3, 0.4) is 0 Å². The summed E-state index contributed by atoms with van der Waals surface area (Å²) in [7, 11) is 1.65. The molecule has 1 aliphatic rings. The summed E-state index contributed by atoms with van der Waals surface area (Å²) in [6.07, 6.45) is 4.80. The van der Waals surface area contributed by atoms with Gasteiger partial charge in [0.15, 0.2) is 0 Å². The summed E-state index contributed by atoms with van der Waals surface area (Å²) in [5.74, 6) is 0.115. The molecule has 1 rings (SSSR count). The average molecular weight is 285 g/mol. The van der Waals surface area contributed by atoms with Gasteiger partial charge in [-0.1, -0.05) is 13.3 Å². The van der Waals surface area contributed by atoms with Crippen molar-refractivity contribution in [3.63, 3.8) is 0 Å². The minimum atomic E-state index is -0.0550. The lowest BCUT2D eigenvalue weighted by molar-refractivity contribution is -0.127. The molecule has 0 aromatic carbocycles. The van der Waals surface area contributed by atoms with Crippen LogP contribution in [0, 0.1) is 0 Å². The standard InChI is InChI=1S/C15H31N3O2/c1-4-8-16-12-14-7-5-6-10-18(14)13(2)15(19)17-9-11-20-3/h13-14,16H,4-12H2,1-3H3,(H,17,19). The predicted molar refractivity (Wildman–Crippen MR) is 81.9 cm³/mol. The molecular weight excluding hydrogens is 254 g/mol. The van der Waals surface area contributed by atoms with Gasteiger partial charge in [-0.15, -0.1) is 0 Å². The highest BCUT2D eigenvalue weighted by Gasteiger charge is 2.29. The van der Waals surface area contributed by atoms with Crippen LogP contribution in [0.5, 0.6) is 0 Å². The Morgan fingerprint density at radius 3 is 2.90 bits per heavy atom. The van der Waals surface area contributed by atoms with E-state index in [1.165, 1.54) is 19.3 Å². The number of hydrogen-bond acceptors (Lipinski definition) is 4. The second kappa shape index (κ2) is 10.1. The summed E-state index contributed by atoms with van der Waals surface area (Å²) in [6, 6.07) is 0.430. The third kappa shape index (κ3) is 5.77. The Kier molecular flexibility index (Phi) is 8.82. The van der Waals surface area contributed by atoms with Crippen molar-refractivity contribution in [3.05, 3.63) is 0 Å². The zero-order chi connectivity index (χ0) is 14.8. The SMILES string of the molecule is CCCNCC1CCCCN1C(C)C(=O)NCCOC. The summed E-state index contributed by atoms with van der Waals surface area (Å²) in [5, 5.41) is 6.43. The quantitative estimate of drug-likeness (QED) is 0.620. The zero-order valence-electron chi connectivity index (χ0n) is 13.3.